The van der Waals surface area contributed by atoms with E-state index >= 15 is 0 Å². The number of ether oxygens (including phenoxy) is 1. The fraction of sp³-hybridized carbons (Fsp3) is 1.00. The molecule has 1 aliphatic carbocycles. The van der Waals surface area contributed by atoms with Crippen LogP contribution in [0.25, 0.3) is 0 Å². The first-order chi connectivity index (χ1) is 6.88. The predicted octanol–water partition coefficient (Wildman–Crippen LogP) is 4.16. The van der Waals surface area contributed by atoms with E-state index in [1.165, 1.54) is 51.4 Å². The van der Waals surface area contributed by atoms with Gasteiger partial charge in [-0.15, -0.1) is 0 Å². The molecule has 0 N–H and O–H groups in total. The van der Waals surface area contributed by atoms with Crippen molar-refractivity contribution in [3.63, 3.8) is 0 Å². The van der Waals surface area contributed by atoms with Crippen LogP contribution in [-0.4, -0.2) is 12.7 Å². The Morgan fingerprint density at radius 2 is 1.86 bits per heavy atom. The molecule has 0 aromatic heterocycles. The Balaban J connectivity index is 2.22. The SMILES string of the molecule is CCCCC[C@H]1CCCC[C@@H]1OCC. The molecule has 14 heavy (non-hydrogen) atoms. The van der Waals surface area contributed by atoms with Crippen LogP contribution in [0.4, 0.5) is 0 Å². The number of rotatable bonds is 6. The molecule has 0 spiro atoms. The number of hydrogen-bond donors (Lipinski definition) is 0. The van der Waals surface area contributed by atoms with Crippen molar-refractivity contribution in [1.29, 1.82) is 0 Å². The average molecular weight is 198 g/mol. The predicted molar refractivity (Wildman–Crippen MR) is 61.5 cm³/mol. The second kappa shape index (κ2) is 7.28. The second-order valence-corrected chi connectivity index (χ2v) is 4.53. The zero-order chi connectivity index (χ0) is 10.2. The molecule has 0 heterocycles. The Kier molecular flexibility index (Phi) is 6.25. The third kappa shape index (κ3) is 4.00. The third-order valence-corrected chi connectivity index (χ3v) is 3.40. The van der Waals surface area contributed by atoms with E-state index in [0.29, 0.717) is 6.10 Å². The van der Waals surface area contributed by atoms with Crippen LogP contribution in [0.2, 0.25) is 0 Å². The highest BCUT2D eigenvalue weighted by Gasteiger charge is 2.24. The molecule has 1 nitrogen and oxygen atoms in total. The van der Waals surface area contributed by atoms with Gasteiger partial charge in [-0.2, -0.15) is 0 Å². The summed E-state index contributed by atoms with van der Waals surface area (Å²) in [6.45, 7) is 5.30. The van der Waals surface area contributed by atoms with Crippen LogP contribution in [0.15, 0.2) is 0 Å². The van der Waals surface area contributed by atoms with Crippen molar-refractivity contribution < 1.29 is 4.74 Å². The largest absolute Gasteiger partial charge is 0.378 e. The van der Waals surface area contributed by atoms with Crippen LogP contribution in [0.5, 0.6) is 0 Å². The molecule has 0 radical (unpaired) electrons. The molecular weight excluding hydrogens is 172 g/mol. The maximum Gasteiger partial charge on any atom is 0.0603 e. The van der Waals surface area contributed by atoms with Gasteiger partial charge in [-0.1, -0.05) is 39.0 Å². The summed E-state index contributed by atoms with van der Waals surface area (Å²) < 4.78 is 5.83. The first-order valence-electron chi connectivity index (χ1n) is 6.50. The van der Waals surface area contributed by atoms with Gasteiger partial charge >= 0.3 is 0 Å². The van der Waals surface area contributed by atoms with Crippen LogP contribution >= 0.6 is 0 Å². The van der Waals surface area contributed by atoms with Crippen molar-refractivity contribution in [3.05, 3.63) is 0 Å². The van der Waals surface area contributed by atoms with Gasteiger partial charge in [0, 0.05) is 6.61 Å². The van der Waals surface area contributed by atoms with Crippen molar-refractivity contribution in [2.24, 2.45) is 5.92 Å². The van der Waals surface area contributed by atoms with E-state index in [1.54, 1.807) is 0 Å². The monoisotopic (exact) mass is 198 g/mol. The van der Waals surface area contributed by atoms with Crippen LogP contribution in [0, 0.1) is 5.92 Å². The van der Waals surface area contributed by atoms with Crippen LogP contribution in [0.1, 0.15) is 65.2 Å². The molecule has 1 saturated carbocycles. The van der Waals surface area contributed by atoms with E-state index in [2.05, 4.69) is 13.8 Å². The van der Waals surface area contributed by atoms with E-state index in [0.717, 1.165) is 12.5 Å². The van der Waals surface area contributed by atoms with Gasteiger partial charge in [-0.25, -0.2) is 0 Å². The Morgan fingerprint density at radius 3 is 2.57 bits per heavy atom. The summed E-state index contributed by atoms with van der Waals surface area (Å²) in [5.74, 6) is 0.871. The lowest BCUT2D eigenvalue weighted by molar-refractivity contribution is -0.00763. The lowest BCUT2D eigenvalue weighted by atomic mass is 9.83. The molecule has 0 unspecified atom stereocenters. The maximum atomic E-state index is 5.83. The summed E-state index contributed by atoms with van der Waals surface area (Å²) in [5, 5.41) is 0. The van der Waals surface area contributed by atoms with E-state index < -0.39 is 0 Å². The van der Waals surface area contributed by atoms with Gasteiger partial charge in [-0.05, 0) is 32.1 Å². The van der Waals surface area contributed by atoms with Crippen molar-refractivity contribution in [1.82, 2.24) is 0 Å². The van der Waals surface area contributed by atoms with Crippen molar-refractivity contribution >= 4 is 0 Å². The summed E-state index contributed by atoms with van der Waals surface area (Å²) in [4.78, 5) is 0. The standard InChI is InChI=1S/C13H26O/c1-3-5-6-9-12-10-7-8-11-13(12)14-4-2/h12-13H,3-11H2,1-2H3/t12-,13-/m0/s1. The van der Waals surface area contributed by atoms with Crippen molar-refractivity contribution in [2.45, 2.75) is 71.3 Å². The molecule has 1 heteroatoms. The zero-order valence-electron chi connectivity index (χ0n) is 9.93. The third-order valence-electron chi connectivity index (χ3n) is 3.40. The Bertz CT molecular complexity index is 131. The van der Waals surface area contributed by atoms with Crippen molar-refractivity contribution in [2.75, 3.05) is 6.61 Å². The van der Waals surface area contributed by atoms with Gasteiger partial charge in [0.2, 0.25) is 0 Å². The summed E-state index contributed by atoms with van der Waals surface area (Å²) in [6.07, 6.45) is 11.7. The summed E-state index contributed by atoms with van der Waals surface area (Å²) in [5.41, 5.74) is 0. The molecule has 1 rings (SSSR count). The summed E-state index contributed by atoms with van der Waals surface area (Å²) in [6, 6.07) is 0. The molecule has 0 bridgehead atoms. The fourth-order valence-corrected chi connectivity index (χ4v) is 2.59. The minimum atomic E-state index is 0.589. The topological polar surface area (TPSA) is 9.23 Å². The Labute approximate surface area is 89.2 Å². The molecule has 0 amide bonds. The molecular formula is C13H26O. The normalized spacial score (nSPS) is 27.9. The molecule has 84 valence electrons. The van der Waals surface area contributed by atoms with Gasteiger partial charge in [0.15, 0.2) is 0 Å². The zero-order valence-corrected chi connectivity index (χ0v) is 9.93. The molecule has 0 aromatic carbocycles. The van der Waals surface area contributed by atoms with Gasteiger partial charge < -0.3 is 4.74 Å². The smallest absolute Gasteiger partial charge is 0.0603 e. The Hall–Kier alpha value is -0.0400. The highest BCUT2D eigenvalue weighted by molar-refractivity contribution is 4.75. The van der Waals surface area contributed by atoms with Gasteiger partial charge in [0.05, 0.1) is 6.10 Å². The van der Waals surface area contributed by atoms with Crippen LogP contribution in [0.3, 0.4) is 0 Å². The molecule has 0 aliphatic heterocycles. The van der Waals surface area contributed by atoms with Crippen molar-refractivity contribution in [3.8, 4) is 0 Å². The minimum Gasteiger partial charge on any atom is -0.378 e. The highest BCUT2D eigenvalue weighted by Crippen LogP contribution is 2.30. The highest BCUT2D eigenvalue weighted by atomic mass is 16.5. The van der Waals surface area contributed by atoms with E-state index in [9.17, 15) is 0 Å². The van der Waals surface area contributed by atoms with Crippen LogP contribution in [-0.2, 0) is 4.74 Å². The molecule has 2 atom stereocenters. The average Bonchev–Trinajstić information content (AvgIpc) is 2.21. The summed E-state index contributed by atoms with van der Waals surface area (Å²) in [7, 11) is 0. The quantitative estimate of drug-likeness (QED) is 0.582. The molecule has 1 fully saturated rings. The minimum absolute atomic E-state index is 0.589. The Morgan fingerprint density at radius 1 is 1.07 bits per heavy atom. The first-order valence-corrected chi connectivity index (χ1v) is 6.50. The summed E-state index contributed by atoms with van der Waals surface area (Å²) >= 11 is 0. The maximum absolute atomic E-state index is 5.83. The van der Waals surface area contributed by atoms with E-state index in [-0.39, 0.29) is 0 Å². The lowest BCUT2D eigenvalue weighted by Gasteiger charge is -2.31. The van der Waals surface area contributed by atoms with Crippen LogP contribution < -0.4 is 0 Å². The second-order valence-electron chi connectivity index (χ2n) is 4.53. The van der Waals surface area contributed by atoms with Gasteiger partial charge in [0.1, 0.15) is 0 Å². The molecule has 0 aromatic rings. The van der Waals surface area contributed by atoms with E-state index in [1.807, 2.05) is 0 Å². The molecule has 1 aliphatic rings. The first kappa shape index (κ1) is 12.0. The fourth-order valence-electron chi connectivity index (χ4n) is 2.59. The molecule has 0 saturated heterocycles. The van der Waals surface area contributed by atoms with E-state index in [4.69, 9.17) is 4.74 Å². The number of hydrogen-bond acceptors (Lipinski definition) is 1. The van der Waals surface area contributed by atoms with Gasteiger partial charge in [-0.3, -0.25) is 0 Å². The van der Waals surface area contributed by atoms with Gasteiger partial charge in [0.25, 0.3) is 0 Å². The lowest BCUT2D eigenvalue weighted by Crippen LogP contribution is -2.27. The number of unbranched alkanes of at least 4 members (excludes halogenated alkanes) is 2.